The number of hydrogen-bond acceptors (Lipinski definition) is 4. The topological polar surface area (TPSA) is 52.6 Å². The molecule has 1 atom stereocenters. The minimum absolute atomic E-state index is 0.167. The number of carbonyl (C=O) groups excluding carboxylic acids is 2. The molecule has 4 nitrogen and oxygen atoms in total. The van der Waals surface area contributed by atoms with Crippen LogP contribution in [0.5, 0.6) is 0 Å². The first-order valence-electron chi connectivity index (χ1n) is 8.98. The fraction of sp³-hybridized carbons (Fsp3) is 0.304. The van der Waals surface area contributed by atoms with Gasteiger partial charge in [-0.15, -0.1) is 0 Å². The second kappa shape index (κ2) is 7.03. The van der Waals surface area contributed by atoms with Crippen molar-refractivity contribution >= 4 is 11.8 Å². The van der Waals surface area contributed by atoms with Gasteiger partial charge in [-0.05, 0) is 27.7 Å². The first-order valence-corrected chi connectivity index (χ1v) is 8.98. The molecule has 27 heavy (non-hydrogen) atoms. The third-order valence-corrected chi connectivity index (χ3v) is 4.95. The highest BCUT2D eigenvalue weighted by molar-refractivity contribution is 5.96. The standard InChI is InChI=1S/C23H24O4/c1-14-6-10-19(11-7-14)23(20-12-8-15(2)9-13-20)22(26-18(5)25)21(16(3)24)17(4)27-23/h6-13,22H,1-5H3. The number of rotatable bonds is 4. The third kappa shape index (κ3) is 3.27. The molecular formula is C23H24O4. The summed E-state index contributed by atoms with van der Waals surface area (Å²) in [6.45, 7) is 8.58. The quantitative estimate of drug-likeness (QED) is 0.756. The lowest BCUT2D eigenvalue weighted by Crippen LogP contribution is -2.43. The maximum atomic E-state index is 12.4. The van der Waals surface area contributed by atoms with E-state index in [2.05, 4.69) is 0 Å². The summed E-state index contributed by atoms with van der Waals surface area (Å²) in [5, 5.41) is 0. The van der Waals surface area contributed by atoms with E-state index in [1.54, 1.807) is 6.92 Å². The number of esters is 1. The summed E-state index contributed by atoms with van der Waals surface area (Å²) in [5.41, 5.74) is 3.18. The molecule has 0 N–H and O–H groups in total. The van der Waals surface area contributed by atoms with Crippen LogP contribution in [0.25, 0.3) is 0 Å². The number of benzene rings is 2. The van der Waals surface area contributed by atoms with E-state index in [-0.39, 0.29) is 5.78 Å². The molecule has 1 aliphatic rings. The summed E-state index contributed by atoms with van der Waals surface area (Å²) in [7, 11) is 0. The van der Waals surface area contributed by atoms with Crippen molar-refractivity contribution in [2.45, 2.75) is 46.3 Å². The highest BCUT2D eigenvalue weighted by Gasteiger charge is 2.55. The van der Waals surface area contributed by atoms with Gasteiger partial charge in [0.05, 0.1) is 5.57 Å². The van der Waals surface area contributed by atoms with E-state index in [0.29, 0.717) is 11.3 Å². The molecule has 0 amide bonds. The molecule has 1 aliphatic heterocycles. The van der Waals surface area contributed by atoms with Gasteiger partial charge in [0.15, 0.2) is 17.5 Å². The molecule has 1 heterocycles. The zero-order valence-electron chi connectivity index (χ0n) is 16.3. The maximum Gasteiger partial charge on any atom is 0.303 e. The van der Waals surface area contributed by atoms with E-state index in [9.17, 15) is 9.59 Å². The summed E-state index contributed by atoms with van der Waals surface area (Å²) < 4.78 is 12.1. The minimum Gasteiger partial charge on any atom is -0.478 e. The Hall–Kier alpha value is -2.88. The predicted molar refractivity (Wildman–Crippen MR) is 103 cm³/mol. The molecule has 2 aromatic rings. The van der Waals surface area contributed by atoms with Crippen LogP contribution in [0.4, 0.5) is 0 Å². The zero-order valence-corrected chi connectivity index (χ0v) is 16.3. The number of carbonyl (C=O) groups is 2. The number of hydrogen-bond donors (Lipinski definition) is 0. The Bertz CT molecular complexity index is 859. The first-order chi connectivity index (χ1) is 12.8. The van der Waals surface area contributed by atoms with Crippen LogP contribution in [0.15, 0.2) is 59.9 Å². The van der Waals surface area contributed by atoms with E-state index in [1.165, 1.54) is 13.8 Å². The predicted octanol–water partition coefficient (Wildman–Crippen LogP) is 4.37. The van der Waals surface area contributed by atoms with Crippen LogP contribution >= 0.6 is 0 Å². The lowest BCUT2D eigenvalue weighted by molar-refractivity contribution is -0.153. The first kappa shape index (κ1) is 18.9. The van der Waals surface area contributed by atoms with Crippen molar-refractivity contribution in [1.82, 2.24) is 0 Å². The summed E-state index contributed by atoms with van der Waals surface area (Å²) in [4.78, 5) is 24.3. The number of allylic oxidation sites excluding steroid dienone is 1. The average molecular weight is 364 g/mol. The molecule has 0 saturated carbocycles. The molecular weight excluding hydrogens is 340 g/mol. The summed E-state index contributed by atoms with van der Waals surface area (Å²) in [6.07, 6.45) is -0.849. The summed E-state index contributed by atoms with van der Waals surface area (Å²) in [6, 6.07) is 15.8. The number of ether oxygens (including phenoxy) is 2. The minimum atomic E-state index is -1.10. The average Bonchev–Trinajstić information content (AvgIpc) is 2.88. The van der Waals surface area contributed by atoms with Gasteiger partial charge in [-0.3, -0.25) is 9.59 Å². The van der Waals surface area contributed by atoms with Crippen LogP contribution in [-0.2, 0) is 24.7 Å². The molecule has 0 aromatic heterocycles. The van der Waals surface area contributed by atoms with Crippen LogP contribution < -0.4 is 0 Å². The molecule has 0 saturated heterocycles. The van der Waals surface area contributed by atoms with E-state index in [1.807, 2.05) is 62.4 Å². The zero-order chi connectivity index (χ0) is 19.8. The second-order valence-corrected chi connectivity index (χ2v) is 7.09. The van der Waals surface area contributed by atoms with Gasteiger partial charge in [0.2, 0.25) is 0 Å². The van der Waals surface area contributed by atoms with Crippen molar-refractivity contribution in [3.05, 3.63) is 82.1 Å². The Labute approximate surface area is 159 Å². The smallest absolute Gasteiger partial charge is 0.303 e. The molecule has 0 fully saturated rings. The number of Topliss-reactive ketones (excluding diaryl/α,β-unsaturated/α-hetero) is 1. The van der Waals surface area contributed by atoms with Crippen molar-refractivity contribution in [3.63, 3.8) is 0 Å². The highest BCUT2D eigenvalue weighted by atomic mass is 16.6. The van der Waals surface area contributed by atoms with E-state index >= 15 is 0 Å². The van der Waals surface area contributed by atoms with Crippen LogP contribution in [-0.4, -0.2) is 17.9 Å². The van der Waals surface area contributed by atoms with Crippen molar-refractivity contribution in [2.24, 2.45) is 0 Å². The van der Waals surface area contributed by atoms with Gasteiger partial charge < -0.3 is 9.47 Å². The van der Waals surface area contributed by atoms with Gasteiger partial charge in [-0.1, -0.05) is 59.7 Å². The molecule has 0 radical (unpaired) electrons. The fourth-order valence-electron chi connectivity index (χ4n) is 3.67. The van der Waals surface area contributed by atoms with Crippen LogP contribution in [0.1, 0.15) is 43.0 Å². The van der Waals surface area contributed by atoms with E-state index < -0.39 is 17.7 Å². The maximum absolute atomic E-state index is 12.4. The Morgan fingerprint density at radius 2 is 1.30 bits per heavy atom. The van der Waals surface area contributed by atoms with Gasteiger partial charge in [0.1, 0.15) is 5.76 Å². The van der Waals surface area contributed by atoms with Crippen LogP contribution in [0.2, 0.25) is 0 Å². The van der Waals surface area contributed by atoms with Gasteiger partial charge >= 0.3 is 5.97 Å². The van der Waals surface area contributed by atoms with Crippen LogP contribution in [0.3, 0.4) is 0 Å². The Morgan fingerprint density at radius 1 is 0.852 bits per heavy atom. The SMILES string of the molecule is CC(=O)OC1C(C(C)=O)=C(C)OC1(c1ccc(C)cc1)c1ccc(C)cc1. The molecule has 1 unspecified atom stereocenters. The van der Waals surface area contributed by atoms with Crippen molar-refractivity contribution in [2.75, 3.05) is 0 Å². The lowest BCUT2D eigenvalue weighted by Gasteiger charge is -2.36. The lowest BCUT2D eigenvalue weighted by atomic mass is 9.79. The Balaban J connectivity index is 2.28. The molecule has 0 spiro atoms. The summed E-state index contributed by atoms with van der Waals surface area (Å²) >= 11 is 0. The van der Waals surface area contributed by atoms with Crippen molar-refractivity contribution in [1.29, 1.82) is 0 Å². The summed E-state index contributed by atoms with van der Waals surface area (Å²) in [5.74, 6) is -0.143. The van der Waals surface area contributed by atoms with Crippen molar-refractivity contribution in [3.8, 4) is 0 Å². The second-order valence-electron chi connectivity index (χ2n) is 7.09. The largest absolute Gasteiger partial charge is 0.478 e. The number of ketones is 1. The highest BCUT2D eigenvalue weighted by Crippen LogP contribution is 2.48. The molecule has 3 rings (SSSR count). The molecule has 0 bridgehead atoms. The van der Waals surface area contributed by atoms with Gasteiger partial charge in [0.25, 0.3) is 0 Å². The van der Waals surface area contributed by atoms with E-state index in [0.717, 1.165) is 22.3 Å². The molecule has 0 aliphatic carbocycles. The van der Waals surface area contributed by atoms with Gasteiger partial charge in [-0.2, -0.15) is 0 Å². The molecule has 4 heteroatoms. The third-order valence-electron chi connectivity index (χ3n) is 4.95. The van der Waals surface area contributed by atoms with Gasteiger partial charge in [-0.25, -0.2) is 0 Å². The van der Waals surface area contributed by atoms with Crippen LogP contribution in [0, 0.1) is 13.8 Å². The Kier molecular flexibility index (Phi) is 4.92. The van der Waals surface area contributed by atoms with Gasteiger partial charge in [0, 0.05) is 18.1 Å². The molecule has 2 aromatic carbocycles. The normalized spacial score (nSPS) is 18.2. The fourth-order valence-corrected chi connectivity index (χ4v) is 3.67. The van der Waals surface area contributed by atoms with E-state index in [4.69, 9.17) is 9.47 Å². The Morgan fingerprint density at radius 3 is 1.67 bits per heavy atom. The monoisotopic (exact) mass is 364 g/mol. The molecule has 140 valence electrons. The number of aryl methyl sites for hydroxylation is 2. The van der Waals surface area contributed by atoms with Crippen molar-refractivity contribution < 1.29 is 19.1 Å².